The van der Waals surface area contributed by atoms with E-state index < -0.39 is 11.8 Å². The Morgan fingerprint density at radius 2 is 1.88 bits per heavy atom. The summed E-state index contributed by atoms with van der Waals surface area (Å²) in [6.45, 7) is 0. The zero-order chi connectivity index (χ0) is 18.0. The van der Waals surface area contributed by atoms with Gasteiger partial charge in [0.25, 0.3) is 0 Å². The molecule has 3 aromatic rings. The van der Waals surface area contributed by atoms with Gasteiger partial charge in [0.15, 0.2) is 0 Å². The molecule has 0 aliphatic carbocycles. The third kappa shape index (κ3) is 3.30. The molecule has 0 fully saturated rings. The molecule has 0 saturated heterocycles. The number of carbonyl (C=O) groups excluding carboxylic acids is 1. The van der Waals surface area contributed by atoms with Crippen LogP contribution in [0.5, 0.6) is 0 Å². The number of allylic oxidation sites excluding steroid dienone is 1. The van der Waals surface area contributed by atoms with Crippen LogP contribution in [0.1, 0.15) is 26.3 Å². The lowest BCUT2D eigenvalue weighted by Crippen LogP contribution is -2.01. The number of Topliss-reactive ketones (excluding diaryl/α,β-unsaturated/α-hetero) is 1. The van der Waals surface area contributed by atoms with Gasteiger partial charge in [-0.25, -0.2) is 4.79 Å². The van der Waals surface area contributed by atoms with Crippen LogP contribution >= 0.6 is 11.6 Å². The van der Waals surface area contributed by atoms with Crippen LogP contribution in [-0.4, -0.2) is 21.8 Å². The van der Waals surface area contributed by atoms with Gasteiger partial charge in [0.05, 0.1) is 5.56 Å². The smallest absolute Gasteiger partial charge is 0.335 e. The van der Waals surface area contributed by atoms with Gasteiger partial charge in [-0.3, -0.25) is 4.79 Å². The molecule has 1 aromatic heterocycles. The minimum Gasteiger partial charge on any atom is -0.478 e. The minimum absolute atomic E-state index is 0.0427. The van der Waals surface area contributed by atoms with Gasteiger partial charge in [-0.05, 0) is 35.9 Å². The SMILES string of the molecule is N#C/C(=C/c1ccc(C(=O)O)cc1)C(=O)c1c[nH]c2cc(Cl)ccc12. The quantitative estimate of drug-likeness (QED) is 0.416. The van der Waals surface area contributed by atoms with E-state index in [1.807, 2.05) is 6.07 Å². The summed E-state index contributed by atoms with van der Waals surface area (Å²) in [6, 6.07) is 12.9. The van der Waals surface area contributed by atoms with E-state index in [4.69, 9.17) is 16.7 Å². The Bertz CT molecular complexity index is 1060. The number of carbonyl (C=O) groups is 2. The number of aromatic nitrogens is 1. The van der Waals surface area contributed by atoms with Crippen LogP contribution in [0.25, 0.3) is 17.0 Å². The number of nitrogens with one attached hydrogen (secondary N) is 1. The third-order valence-corrected chi connectivity index (χ3v) is 3.96. The van der Waals surface area contributed by atoms with E-state index in [0.717, 1.165) is 0 Å². The Hall–Kier alpha value is -3.36. The number of hydrogen-bond acceptors (Lipinski definition) is 3. The van der Waals surface area contributed by atoms with E-state index in [-0.39, 0.29) is 11.1 Å². The minimum atomic E-state index is -1.04. The van der Waals surface area contributed by atoms with E-state index in [1.165, 1.54) is 18.2 Å². The molecule has 6 heteroatoms. The molecule has 0 spiro atoms. The van der Waals surface area contributed by atoms with Crippen LogP contribution in [0, 0.1) is 11.3 Å². The number of aromatic carboxylic acids is 1. The topological polar surface area (TPSA) is 93.9 Å². The number of ketones is 1. The Morgan fingerprint density at radius 1 is 1.16 bits per heavy atom. The van der Waals surface area contributed by atoms with Gasteiger partial charge in [0, 0.05) is 27.7 Å². The molecule has 1 heterocycles. The summed E-state index contributed by atoms with van der Waals surface area (Å²) in [7, 11) is 0. The molecule has 0 amide bonds. The highest BCUT2D eigenvalue weighted by atomic mass is 35.5. The van der Waals surface area contributed by atoms with Gasteiger partial charge >= 0.3 is 5.97 Å². The highest BCUT2D eigenvalue weighted by Crippen LogP contribution is 2.24. The fourth-order valence-electron chi connectivity index (χ4n) is 2.47. The average Bonchev–Trinajstić information content (AvgIpc) is 3.02. The lowest BCUT2D eigenvalue weighted by molar-refractivity contribution is 0.0696. The average molecular weight is 351 g/mol. The predicted octanol–water partition coefficient (Wildman–Crippen LogP) is 4.31. The van der Waals surface area contributed by atoms with Crippen LogP contribution in [0.15, 0.2) is 54.2 Å². The van der Waals surface area contributed by atoms with Crippen molar-refractivity contribution >= 4 is 40.3 Å². The fraction of sp³-hybridized carbons (Fsp3) is 0. The number of nitriles is 1. The Labute approximate surface area is 147 Å². The second-order valence-electron chi connectivity index (χ2n) is 5.32. The van der Waals surface area contributed by atoms with Crippen molar-refractivity contribution in [3.8, 4) is 6.07 Å². The second kappa shape index (κ2) is 6.63. The molecule has 0 atom stereocenters. The normalized spacial score (nSPS) is 11.3. The van der Waals surface area contributed by atoms with Crippen molar-refractivity contribution in [2.24, 2.45) is 0 Å². The lowest BCUT2D eigenvalue weighted by atomic mass is 10.0. The first-order chi connectivity index (χ1) is 12.0. The predicted molar refractivity (Wildman–Crippen MR) is 94.6 cm³/mol. The summed E-state index contributed by atoms with van der Waals surface area (Å²) < 4.78 is 0. The number of carboxylic acids is 1. The molecule has 0 aliphatic heterocycles. The van der Waals surface area contributed by atoms with Gasteiger partial charge in [0.2, 0.25) is 5.78 Å². The first-order valence-corrected chi connectivity index (χ1v) is 7.64. The van der Waals surface area contributed by atoms with Gasteiger partial charge < -0.3 is 10.1 Å². The molecule has 0 saturated carbocycles. The summed E-state index contributed by atoms with van der Waals surface area (Å²) >= 11 is 5.93. The molecule has 25 heavy (non-hydrogen) atoms. The molecular weight excluding hydrogens is 340 g/mol. The molecule has 3 rings (SSSR count). The van der Waals surface area contributed by atoms with E-state index in [1.54, 1.807) is 36.5 Å². The van der Waals surface area contributed by atoms with Gasteiger partial charge in [-0.15, -0.1) is 0 Å². The fourth-order valence-corrected chi connectivity index (χ4v) is 2.64. The van der Waals surface area contributed by atoms with E-state index in [9.17, 15) is 14.9 Å². The molecule has 0 bridgehead atoms. The summed E-state index contributed by atoms with van der Waals surface area (Å²) in [5, 5.41) is 19.5. The molecule has 122 valence electrons. The second-order valence-corrected chi connectivity index (χ2v) is 5.75. The van der Waals surface area contributed by atoms with Crippen LogP contribution < -0.4 is 0 Å². The van der Waals surface area contributed by atoms with E-state index >= 15 is 0 Å². The summed E-state index contributed by atoms with van der Waals surface area (Å²) in [4.78, 5) is 26.5. The van der Waals surface area contributed by atoms with Crippen molar-refractivity contribution in [2.75, 3.05) is 0 Å². The Balaban J connectivity index is 1.98. The monoisotopic (exact) mass is 350 g/mol. The number of aromatic amines is 1. The number of halogens is 1. The Morgan fingerprint density at radius 3 is 2.52 bits per heavy atom. The van der Waals surface area contributed by atoms with Crippen molar-refractivity contribution in [3.05, 3.63) is 75.9 Å². The number of benzene rings is 2. The van der Waals surface area contributed by atoms with Gasteiger partial charge in [-0.1, -0.05) is 29.8 Å². The zero-order valence-electron chi connectivity index (χ0n) is 12.8. The van der Waals surface area contributed by atoms with Gasteiger partial charge in [-0.2, -0.15) is 5.26 Å². The Kier molecular flexibility index (Phi) is 4.38. The molecule has 5 nitrogen and oxygen atoms in total. The number of nitrogens with zero attached hydrogens (tertiary/aromatic N) is 1. The molecule has 0 aliphatic rings. The molecule has 0 unspecified atom stereocenters. The first kappa shape index (κ1) is 16.5. The van der Waals surface area contributed by atoms with Crippen molar-refractivity contribution in [1.82, 2.24) is 4.98 Å². The highest BCUT2D eigenvalue weighted by Gasteiger charge is 2.17. The summed E-state index contributed by atoms with van der Waals surface area (Å²) in [6.07, 6.45) is 2.98. The standard InChI is InChI=1S/C19H11ClN2O3/c20-14-5-6-15-16(10-22-17(15)8-14)18(23)13(9-21)7-11-1-3-12(4-2-11)19(24)25/h1-8,10,22H,(H,24,25)/b13-7-. The van der Waals surface area contributed by atoms with Crippen LogP contribution in [-0.2, 0) is 0 Å². The lowest BCUT2D eigenvalue weighted by Gasteiger charge is -2.00. The number of H-pyrrole nitrogens is 1. The number of carboxylic acid groups (broad SMARTS) is 1. The number of rotatable bonds is 4. The summed E-state index contributed by atoms with van der Waals surface area (Å²) in [5.41, 5.74) is 1.74. The maximum atomic E-state index is 12.7. The van der Waals surface area contributed by atoms with Crippen LogP contribution in [0.4, 0.5) is 0 Å². The van der Waals surface area contributed by atoms with Crippen molar-refractivity contribution in [3.63, 3.8) is 0 Å². The highest BCUT2D eigenvalue weighted by molar-refractivity contribution is 6.31. The largest absolute Gasteiger partial charge is 0.478 e. The molecular formula is C19H11ClN2O3. The third-order valence-electron chi connectivity index (χ3n) is 3.72. The van der Waals surface area contributed by atoms with E-state index in [0.29, 0.717) is 27.1 Å². The first-order valence-electron chi connectivity index (χ1n) is 7.26. The van der Waals surface area contributed by atoms with Crippen molar-refractivity contribution < 1.29 is 14.7 Å². The van der Waals surface area contributed by atoms with Gasteiger partial charge in [0.1, 0.15) is 11.6 Å². The molecule has 0 radical (unpaired) electrons. The zero-order valence-corrected chi connectivity index (χ0v) is 13.5. The maximum Gasteiger partial charge on any atom is 0.335 e. The summed E-state index contributed by atoms with van der Waals surface area (Å²) in [5.74, 6) is -1.46. The van der Waals surface area contributed by atoms with Crippen LogP contribution in [0.2, 0.25) is 5.02 Å². The number of fused-ring (bicyclic) bond motifs is 1. The van der Waals surface area contributed by atoms with Crippen molar-refractivity contribution in [1.29, 1.82) is 5.26 Å². The number of hydrogen-bond donors (Lipinski definition) is 2. The van der Waals surface area contributed by atoms with Crippen molar-refractivity contribution in [2.45, 2.75) is 0 Å². The molecule has 2 aromatic carbocycles. The van der Waals surface area contributed by atoms with Crippen LogP contribution in [0.3, 0.4) is 0 Å². The van der Waals surface area contributed by atoms with E-state index in [2.05, 4.69) is 4.98 Å². The maximum absolute atomic E-state index is 12.7. The molecule has 2 N–H and O–H groups in total.